The molecule has 4 unspecified atom stereocenters. The van der Waals surface area contributed by atoms with Crippen molar-refractivity contribution in [1.82, 2.24) is 20.9 Å². The van der Waals surface area contributed by atoms with Gasteiger partial charge >= 0.3 is 6.03 Å². The Hall–Kier alpha value is -3.67. The van der Waals surface area contributed by atoms with E-state index in [1.165, 1.54) is 11.9 Å². The van der Waals surface area contributed by atoms with Crippen molar-refractivity contribution in [3.05, 3.63) is 36.0 Å². The van der Waals surface area contributed by atoms with Crippen molar-refractivity contribution < 1.29 is 24.0 Å². The number of amides is 4. The van der Waals surface area contributed by atoms with E-state index in [2.05, 4.69) is 28.4 Å². The third-order valence-electron chi connectivity index (χ3n) is 6.43. The maximum Gasteiger partial charge on any atom is 0.315 e. The second-order valence-electron chi connectivity index (χ2n) is 8.64. The monoisotopic (exact) mass is 482 g/mol. The molecule has 0 saturated carbocycles. The maximum absolute atomic E-state index is 13.7. The maximum atomic E-state index is 13.7. The Labute approximate surface area is 206 Å². The normalized spacial score (nSPS) is 21.2. The van der Waals surface area contributed by atoms with Gasteiger partial charge in [-0.15, -0.1) is 12.3 Å². The van der Waals surface area contributed by atoms with Crippen LogP contribution in [0.5, 0.6) is 0 Å². The van der Waals surface area contributed by atoms with Crippen molar-refractivity contribution in [2.75, 3.05) is 13.6 Å². The van der Waals surface area contributed by atoms with E-state index in [4.69, 9.17) is 6.42 Å². The average Bonchev–Trinajstić information content (AvgIpc) is 3.51. The molecule has 3 N–H and O–H groups in total. The molecule has 0 aromatic carbocycles. The number of hydrogen-bond donors (Lipinski definition) is 3. The van der Waals surface area contributed by atoms with Gasteiger partial charge in [0.1, 0.15) is 12.1 Å². The quantitative estimate of drug-likeness (QED) is 0.233. The van der Waals surface area contributed by atoms with Crippen molar-refractivity contribution in [1.29, 1.82) is 0 Å². The van der Waals surface area contributed by atoms with Crippen LogP contribution in [0, 0.1) is 18.3 Å². The molecule has 0 radical (unpaired) electrons. The third kappa shape index (κ3) is 6.92. The van der Waals surface area contributed by atoms with Crippen LogP contribution < -0.4 is 16.0 Å². The van der Waals surface area contributed by atoms with E-state index >= 15 is 0 Å². The summed E-state index contributed by atoms with van der Waals surface area (Å²) in [5, 5.41) is 7.85. The molecule has 2 rings (SSSR count). The van der Waals surface area contributed by atoms with Gasteiger partial charge in [-0.25, -0.2) is 4.79 Å². The average molecular weight is 483 g/mol. The van der Waals surface area contributed by atoms with Gasteiger partial charge in [-0.3, -0.25) is 19.2 Å². The first-order valence-corrected chi connectivity index (χ1v) is 11.8. The summed E-state index contributed by atoms with van der Waals surface area (Å²) in [5.41, 5.74) is 2.08. The number of Topliss-reactive ketones (excluding diaryl/α,β-unsaturated/α-hetero) is 1. The zero-order valence-electron chi connectivity index (χ0n) is 20.3. The Morgan fingerprint density at radius 1 is 1.23 bits per heavy atom. The summed E-state index contributed by atoms with van der Waals surface area (Å²) in [7, 11) is 1.47. The molecule has 4 atom stereocenters. The molecule has 35 heavy (non-hydrogen) atoms. The number of carbonyl (C=O) groups is 5. The number of hydrogen-bond acceptors (Lipinski definition) is 5. The molecule has 9 heteroatoms. The minimum absolute atomic E-state index is 0.132. The Balaban J connectivity index is 2.23. The minimum atomic E-state index is -1.04. The van der Waals surface area contributed by atoms with Gasteiger partial charge in [0.25, 0.3) is 0 Å². The van der Waals surface area contributed by atoms with E-state index in [1.807, 2.05) is 19.1 Å². The lowest BCUT2D eigenvalue weighted by atomic mass is 9.93. The van der Waals surface area contributed by atoms with Crippen molar-refractivity contribution in [2.24, 2.45) is 5.92 Å². The van der Waals surface area contributed by atoms with E-state index in [0.29, 0.717) is 32.2 Å². The van der Waals surface area contributed by atoms with Gasteiger partial charge in [0.15, 0.2) is 6.29 Å². The molecule has 2 aliphatic rings. The van der Waals surface area contributed by atoms with Crippen LogP contribution in [-0.4, -0.2) is 66.5 Å². The number of aldehydes is 1. The van der Waals surface area contributed by atoms with Gasteiger partial charge in [0.2, 0.25) is 17.6 Å². The highest BCUT2D eigenvalue weighted by Crippen LogP contribution is 2.36. The first-order valence-electron chi connectivity index (χ1n) is 11.8. The first-order chi connectivity index (χ1) is 16.8. The number of likely N-dealkylation sites (tertiary alicyclic amines) is 1. The van der Waals surface area contributed by atoms with Crippen LogP contribution in [0.25, 0.3) is 0 Å². The van der Waals surface area contributed by atoms with Crippen LogP contribution in [0.3, 0.4) is 0 Å². The summed E-state index contributed by atoms with van der Waals surface area (Å²) in [6.07, 6.45) is 13.6. The number of rotatable bonds is 11. The van der Waals surface area contributed by atoms with Crippen LogP contribution in [-0.2, 0) is 19.2 Å². The van der Waals surface area contributed by atoms with E-state index in [-0.39, 0.29) is 31.0 Å². The van der Waals surface area contributed by atoms with E-state index in [9.17, 15) is 24.0 Å². The topological polar surface area (TPSA) is 125 Å². The van der Waals surface area contributed by atoms with E-state index in [1.54, 1.807) is 6.08 Å². The predicted octanol–water partition coefficient (Wildman–Crippen LogP) is 1.41. The first kappa shape index (κ1) is 27.6. The number of ketones is 1. The zero-order valence-corrected chi connectivity index (χ0v) is 20.3. The SMILES string of the molecule is C#CCCC(NC(=O)C1CCCN1C(=O)C(NC(=O)NC)C1CC(C=C)=C(/C=C\C)C1)C(=O)C=O. The summed E-state index contributed by atoms with van der Waals surface area (Å²) in [6.45, 7) is 6.12. The van der Waals surface area contributed by atoms with Gasteiger partial charge in [-0.1, -0.05) is 24.8 Å². The number of allylic oxidation sites excluding steroid dienone is 5. The summed E-state index contributed by atoms with van der Waals surface area (Å²) < 4.78 is 0. The fourth-order valence-corrected chi connectivity index (χ4v) is 4.67. The third-order valence-corrected chi connectivity index (χ3v) is 6.43. The fraction of sp³-hybridized carbons (Fsp3) is 0.500. The number of nitrogens with one attached hydrogen (secondary N) is 3. The van der Waals surface area contributed by atoms with Crippen LogP contribution in [0.15, 0.2) is 36.0 Å². The Bertz CT molecular complexity index is 961. The molecule has 9 nitrogen and oxygen atoms in total. The van der Waals surface area contributed by atoms with Gasteiger partial charge in [0, 0.05) is 20.0 Å². The predicted molar refractivity (Wildman–Crippen MR) is 132 cm³/mol. The molecule has 1 heterocycles. The lowest BCUT2D eigenvalue weighted by Gasteiger charge is -2.32. The second kappa shape index (κ2) is 13.3. The van der Waals surface area contributed by atoms with Crippen molar-refractivity contribution in [3.63, 3.8) is 0 Å². The Kier molecular flexibility index (Phi) is 10.5. The van der Waals surface area contributed by atoms with Crippen LogP contribution in [0.2, 0.25) is 0 Å². The van der Waals surface area contributed by atoms with Gasteiger partial charge < -0.3 is 20.9 Å². The molecule has 0 bridgehead atoms. The highest BCUT2D eigenvalue weighted by atomic mass is 16.2. The van der Waals surface area contributed by atoms with Gasteiger partial charge in [-0.2, -0.15) is 0 Å². The summed E-state index contributed by atoms with van der Waals surface area (Å²) in [5.74, 6) is 0.543. The molecule has 0 aromatic rings. The molecule has 1 aliphatic carbocycles. The molecular formula is C26H34N4O5. The molecule has 1 aliphatic heterocycles. The van der Waals surface area contributed by atoms with Crippen LogP contribution >= 0.6 is 0 Å². The summed E-state index contributed by atoms with van der Waals surface area (Å²) in [4.78, 5) is 63.4. The zero-order chi connectivity index (χ0) is 26.0. The molecule has 4 amide bonds. The van der Waals surface area contributed by atoms with Gasteiger partial charge in [-0.05, 0) is 56.1 Å². The molecule has 0 spiro atoms. The second-order valence-corrected chi connectivity index (χ2v) is 8.64. The molecular weight excluding hydrogens is 448 g/mol. The Morgan fingerprint density at radius 2 is 1.94 bits per heavy atom. The lowest BCUT2D eigenvalue weighted by Crippen LogP contribution is -2.57. The lowest BCUT2D eigenvalue weighted by molar-refractivity contribution is -0.141. The van der Waals surface area contributed by atoms with Crippen LogP contribution in [0.4, 0.5) is 4.79 Å². The number of terminal acetylenes is 1. The number of nitrogens with zero attached hydrogens (tertiary/aromatic N) is 1. The molecule has 1 fully saturated rings. The summed E-state index contributed by atoms with van der Waals surface area (Å²) in [6, 6.07) is -3.19. The highest BCUT2D eigenvalue weighted by molar-refractivity contribution is 6.28. The summed E-state index contributed by atoms with van der Waals surface area (Å²) >= 11 is 0. The largest absolute Gasteiger partial charge is 0.344 e. The highest BCUT2D eigenvalue weighted by Gasteiger charge is 2.42. The smallest absolute Gasteiger partial charge is 0.315 e. The minimum Gasteiger partial charge on any atom is -0.344 e. The standard InChI is InChI=1S/C26H34N4O5/c1-5-8-11-20(22(32)16-31)28-24(33)21-12-9-13-30(21)25(34)23(29-26(35)27-4)19-14-17(7-3)18(15-19)10-6-2/h1,6-7,10,16,19-21,23H,3,8-9,11-15H2,2,4H3,(H,28,33)(H2,27,29,35)/b10-6-. The number of urea groups is 1. The molecule has 188 valence electrons. The van der Waals surface area contributed by atoms with Crippen molar-refractivity contribution in [2.45, 2.75) is 63.6 Å². The van der Waals surface area contributed by atoms with E-state index < -0.39 is 35.8 Å². The fourth-order valence-electron chi connectivity index (χ4n) is 4.67. The molecule has 0 aromatic heterocycles. The van der Waals surface area contributed by atoms with Crippen LogP contribution in [0.1, 0.15) is 45.4 Å². The number of carbonyl (C=O) groups excluding carboxylic acids is 5. The van der Waals surface area contributed by atoms with Gasteiger partial charge in [0.05, 0.1) is 6.04 Å². The Morgan fingerprint density at radius 3 is 2.54 bits per heavy atom. The van der Waals surface area contributed by atoms with Crippen molar-refractivity contribution >= 4 is 29.9 Å². The van der Waals surface area contributed by atoms with Crippen molar-refractivity contribution in [3.8, 4) is 12.3 Å². The van der Waals surface area contributed by atoms with E-state index in [0.717, 1.165) is 11.1 Å². The molecule has 1 saturated heterocycles.